The van der Waals surface area contributed by atoms with Gasteiger partial charge in [0, 0.05) is 43.5 Å². The van der Waals surface area contributed by atoms with Crippen molar-refractivity contribution in [3.8, 4) is 0 Å². The number of fused-ring (bicyclic) bond motifs is 1. The summed E-state index contributed by atoms with van der Waals surface area (Å²) >= 11 is 5.33. The fraction of sp³-hybridized carbons (Fsp3) is 0.522. The van der Waals surface area contributed by atoms with Crippen molar-refractivity contribution in [1.82, 2.24) is 15.3 Å². The zero-order valence-electron chi connectivity index (χ0n) is 18.5. The van der Waals surface area contributed by atoms with Gasteiger partial charge >= 0.3 is 0 Å². The summed E-state index contributed by atoms with van der Waals surface area (Å²) < 4.78 is 26.7. The maximum atomic E-state index is 13.4. The van der Waals surface area contributed by atoms with E-state index in [0.29, 0.717) is 16.8 Å². The lowest BCUT2D eigenvalue weighted by Crippen LogP contribution is -2.42. The molecule has 6 nitrogen and oxygen atoms in total. The number of halogens is 2. The van der Waals surface area contributed by atoms with Gasteiger partial charge in [0.05, 0.1) is 5.69 Å². The summed E-state index contributed by atoms with van der Waals surface area (Å²) in [7, 11) is 4.07. The van der Waals surface area contributed by atoms with Gasteiger partial charge < -0.3 is 20.9 Å². The van der Waals surface area contributed by atoms with Crippen LogP contribution in [-0.4, -0.2) is 41.3 Å². The van der Waals surface area contributed by atoms with Gasteiger partial charge in [0.1, 0.15) is 17.5 Å². The molecule has 32 heavy (non-hydrogen) atoms. The molecule has 0 atom stereocenters. The minimum atomic E-state index is -0.635. The van der Waals surface area contributed by atoms with E-state index in [9.17, 15) is 8.78 Å². The Hall–Kier alpha value is -2.55. The number of nitrogens with one attached hydrogen (secondary N) is 3. The Labute approximate surface area is 193 Å². The summed E-state index contributed by atoms with van der Waals surface area (Å²) in [4.78, 5) is 11.7. The summed E-state index contributed by atoms with van der Waals surface area (Å²) in [5.74, 6) is 0.473. The first-order chi connectivity index (χ1) is 15.4. The van der Waals surface area contributed by atoms with Crippen molar-refractivity contribution in [3.63, 3.8) is 0 Å². The summed E-state index contributed by atoms with van der Waals surface area (Å²) in [5, 5.41) is 10.1. The SMILES string of the molecule is CN(C)c1nc(N[C@H]2CC[C@@H](NC(=S)Nc3cc(F)cc(F)c3)CC2)nc2c1CCCC2. The lowest BCUT2D eigenvalue weighted by molar-refractivity contribution is 0.387. The number of aryl methyl sites for hydroxylation is 1. The third kappa shape index (κ3) is 5.62. The first-order valence-electron chi connectivity index (χ1n) is 11.2. The molecule has 0 unspecified atom stereocenters. The predicted molar refractivity (Wildman–Crippen MR) is 128 cm³/mol. The van der Waals surface area contributed by atoms with E-state index in [1.807, 2.05) is 14.1 Å². The van der Waals surface area contributed by atoms with Gasteiger partial charge in [-0.1, -0.05) is 0 Å². The maximum absolute atomic E-state index is 13.4. The maximum Gasteiger partial charge on any atom is 0.225 e. The first-order valence-corrected chi connectivity index (χ1v) is 11.7. The molecule has 3 N–H and O–H groups in total. The lowest BCUT2D eigenvalue weighted by atomic mass is 9.91. The molecule has 0 amide bonds. The highest BCUT2D eigenvalue weighted by Gasteiger charge is 2.24. The van der Waals surface area contributed by atoms with Crippen molar-refractivity contribution in [2.75, 3.05) is 29.6 Å². The van der Waals surface area contributed by atoms with Crippen LogP contribution in [0, 0.1) is 11.6 Å². The molecule has 172 valence electrons. The van der Waals surface area contributed by atoms with Crippen molar-refractivity contribution in [2.24, 2.45) is 0 Å². The number of thiocarbonyl (C=S) groups is 1. The Morgan fingerprint density at radius 3 is 2.31 bits per heavy atom. The predicted octanol–water partition coefficient (Wildman–Crippen LogP) is 4.41. The van der Waals surface area contributed by atoms with Gasteiger partial charge in [0.25, 0.3) is 0 Å². The molecule has 2 aliphatic rings. The number of hydrogen-bond acceptors (Lipinski definition) is 5. The Morgan fingerprint density at radius 2 is 1.62 bits per heavy atom. The highest BCUT2D eigenvalue weighted by Crippen LogP contribution is 2.29. The fourth-order valence-corrected chi connectivity index (χ4v) is 4.84. The molecule has 0 bridgehead atoms. The van der Waals surface area contributed by atoms with Crippen LogP contribution in [0.2, 0.25) is 0 Å². The van der Waals surface area contributed by atoms with Crippen LogP contribution < -0.4 is 20.9 Å². The van der Waals surface area contributed by atoms with Crippen LogP contribution in [0.5, 0.6) is 0 Å². The van der Waals surface area contributed by atoms with Crippen LogP contribution in [0.4, 0.5) is 26.2 Å². The quantitative estimate of drug-likeness (QED) is 0.571. The second-order valence-corrected chi connectivity index (χ2v) is 9.26. The molecule has 1 aromatic heterocycles. The average Bonchev–Trinajstić information content (AvgIpc) is 2.73. The van der Waals surface area contributed by atoms with E-state index in [1.165, 1.54) is 36.2 Å². The molecule has 9 heteroatoms. The van der Waals surface area contributed by atoms with E-state index in [1.54, 1.807) is 0 Å². The summed E-state index contributed by atoms with van der Waals surface area (Å²) in [6.45, 7) is 0. The topological polar surface area (TPSA) is 65.1 Å². The van der Waals surface area contributed by atoms with Gasteiger partial charge in [-0.3, -0.25) is 0 Å². The van der Waals surface area contributed by atoms with Crippen LogP contribution in [0.3, 0.4) is 0 Å². The second-order valence-electron chi connectivity index (χ2n) is 8.85. The molecule has 4 rings (SSSR count). The number of aromatic nitrogens is 2. The normalized spacial score (nSPS) is 20.2. The van der Waals surface area contributed by atoms with Crippen molar-refractivity contribution in [3.05, 3.63) is 41.1 Å². The molecule has 2 aliphatic carbocycles. The summed E-state index contributed by atoms with van der Waals surface area (Å²) in [6.07, 6.45) is 8.25. The van der Waals surface area contributed by atoms with Crippen LogP contribution in [0.25, 0.3) is 0 Å². The van der Waals surface area contributed by atoms with Crippen molar-refractivity contribution < 1.29 is 8.78 Å². The number of nitrogens with zero attached hydrogens (tertiary/aromatic N) is 3. The zero-order chi connectivity index (χ0) is 22.7. The highest BCUT2D eigenvalue weighted by atomic mass is 32.1. The molecule has 0 saturated heterocycles. The molecule has 1 heterocycles. The average molecular weight is 461 g/mol. The minimum Gasteiger partial charge on any atom is -0.362 e. The number of hydrogen-bond donors (Lipinski definition) is 3. The number of benzene rings is 1. The minimum absolute atomic E-state index is 0.216. The Kier molecular flexibility index (Phi) is 7.03. The van der Waals surface area contributed by atoms with Crippen LogP contribution in [0.15, 0.2) is 18.2 Å². The first kappa shape index (κ1) is 22.6. The van der Waals surface area contributed by atoms with Crippen molar-refractivity contribution >= 4 is 34.8 Å². The van der Waals surface area contributed by atoms with Crippen molar-refractivity contribution in [2.45, 2.75) is 63.5 Å². The Balaban J connectivity index is 1.30. The van der Waals surface area contributed by atoms with E-state index >= 15 is 0 Å². The second kappa shape index (κ2) is 9.94. The van der Waals surface area contributed by atoms with E-state index in [-0.39, 0.29) is 6.04 Å². The monoisotopic (exact) mass is 460 g/mol. The van der Waals surface area contributed by atoms with Gasteiger partial charge in [-0.05, 0) is 75.7 Å². The number of anilines is 3. The fourth-order valence-electron chi connectivity index (χ4n) is 4.55. The third-order valence-electron chi connectivity index (χ3n) is 6.10. The van der Waals surface area contributed by atoms with Crippen LogP contribution >= 0.6 is 12.2 Å². The Bertz CT molecular complexity index is 955. The molecular weight excluding hydrogens is 430 g/mol. The summed E-state index contributed by atoms with van der Waals surface area (Å²) in [5.41, 5.74) is 2.77. The molecule has 0 aliphatic heterocycles. The van der Waals surface area contributed by atoms with Gasteiger partial charge in [-0.2, -0.15) is 4.98 Å². The van der Waals surface area contributed by atoms with Crippen LogP contribution in [-0.2, 0) is 12.8 Å². The van der Waals surface area contributed by atoms with E-state index in [4.69, 9.17) is 22.2 Å². The summed E-state index contributed by atoms with van der Waals surface area (Å²) in [6, 6.07) is 3.80. The molecule has 2 aromatic rings. The standard InChI is InChI=1S/C23H30F2N6S/c1-31(2)21-19-5-3-4-6-20(19)29-22(30-21)26-16-7-9-17(10-8-16)27-23(32)28-18-12-14(24)11-15(25)13-18/h11-13,16-17H,3-10H2,1-2H3,(H,26,29,30)(H2,27,28,32)/t16-,17+. The van der Waals surface area contributed by atoms with Gasteiger partial charge in [-0.25, -0.2) is 13.8 Å². The van der Waals surface area contributed by atoms with Crippen LogP contribution in [0.1, 0.15) is 49.8 Å². The Morgan fingerprint density at radius 1 is 0.969 bits per heavy atom. The van der Waals surface area contributed by atoms with E-state index < -0.39 is 11.6 Å². The van der Waals surface area contributed by atoms with Gasteiger partial charge in [0.2, 0.25) is 5.95 Å². The van der Waals surface area contributed by atoms with E-state index in [2.05, 4.69) is 20.9 Å². The molecule has 0 spiro atoms. The smallest absolute Gasteiger partial charge is 0.225 e. The molecular formula is C23H30F2N6S. The van der Waals surface area contributed by atoms with Crippen molar-refractivity contribution in [1.29, 1.82) is 0 Å². The lowest BCUT2D eigenvalue weighted by Gasteiger charge is -2.31. The highest BCUT2D eigenvalue weighted by molar-refractivity contribution is 7.80. The molecule has 1 aromatic carbocycles. The van der Waals surface area contributed by atoms with Gasteiger partial charge in [0.15, 0.2) is 5.11 Å². The zero-order valence-corrected chi connectivity index (χ0v) is 19.4. The molecule has 1 fully saturated rings. The number of rotatable bonds is 5. The van der Waals surface area contributed by atoms with Gasteiger partial charge in [-0.15, -0.1) is 0 Å². The molecule has 1 saturated carbocycles. The van der Waals surface area contributed by atoms with E-state index in [0.717, 1.165) is 56.4 Å². The third-order valence-corrected chi connectivity index (χ3v) is 6.32. The molecule has 0 radical (unpaired) electrons. The largest absolute Gasteiger partial charge is 0.362 e.